The van der Waals surface area contributed by atoms with E-state index >= 15 is 0 Å². The normalized spacial score (nSPS) is 42.9. The highest BCUT2D eigenvalue weighted by atomic mass is 16.7. The number of rotatable bonds is 10. The SMILES string of the molecule is CC(O[C@@H]1OC(CO)[C@H](O)C(N)C1O)[C@H](N)/C=C/[C@H](CO)O[C@H]1OC(CN)[C@@H](O)[C@H](O)C1N. The molecular formula is C19H38N4O10. The van der Waals surface area contributed by atoms with Gasteiger partial charge in [0.05, 0.1) is 31.4 Å². The van der Waals surface area contributed by atoms with Crippen LogP contribution in [0, 0.1) is 0 Å². The number of ether oxygens (including phenoxy) is 4. The summed E-state index contributed by atoms with van der Waals surface area (Å²) in [4.78, 5) is 0. The van der Waals surface area contributed by atoms with Crippen molar-refractivity contribution < 1.29 is 49.6 Å². The maximum absolute atomic E-state index is 10.2. The van der Waals surface area contributed by atoms with Gasteiger partial charge in [0.15, 0.2) is 12.6 Å². The second-order valence-electron chi connectivity index (χ2n) is 8.28. The number of hydrogen-bond acceptors (Lipinski definition) is 14. The summed E-state index contributed by atoms with van der Waals surface area (Å²) in [6.07, 6.45) is -8.19. The molecule has 14 nitrogen and oxygen atoms in total. The Labute approximate surface area is 191 Å². The first-order chi connectivity index (χ1) is 15.5. The van der Waals surface area contributed by atoms with Crippen LogP contribution in [0.4, 0.5) is 0 Å². The van der Waals surface area contributed by atoms with E-state index in [1.165, 1.54) is 12.2 Å². The Hall–Kier alpha value is -0.820. The van der Waals surface area contributed by atoms with Crippen molar-refractivity contribution in [1.29, 1.82) is 0 Å². The second kappa shape index (κ2) is 12.8. The molecule has 2 aliphatic rings. The zero-order chi connectivity index (χ0) is 24.9. The lowest BCUT2D eigenvalue weighted by molar-refractivity contribution is -0.287. The first-order valence-corrected chi connectivity index (χ1v) is 10.8. The summed E-state index contributed by atoms with van der Waals surface area (Å²) in [6, 6.07) is -2.91. The van der Waals surface area contributed by atoms with Gasteiger partial charge >= 0.3 is 0 Å². The van der Waals surface area contributed by atoms with E-state index in [0.29, 0.717) is 0 Å². The standard InChI is InChI=1S/C19H38N4O10/c1-7(30-19-17(29)12(22)14(26)11(6-25)33-19)9(21)3-2-8(5-24)31-18-13(23)16(28)15(27)10(4-20)32-18/h2-3,7-19,24-29H,4-6,20-23H2,1H3/b3-2+/t7?,8-,9-,10?,11?,12?,13?,14+,15-,16-,17?,18+,19-/m1/s1. The predicted octanol–water partition coefficient (Wildman–Crippen LogP) is -5.85. The van der Waals surface area contributed by atoms with E-state index in [-0.39, 0.29) is 6.54 Å². The van der Waals surface area contributed by atoms with Gasteiger partial charge in [-0.1, -0.05) is 12.2 Å². The highest BCUT2D eigenvalue weighted by molar-refractivity contribution is 5.01. The molecule has 0 bridgehead atoms. The van der Waals surface area contributed by atoms with Crippen molar-refractivity contribution in [3.8, 4) is 0 Å². The van der Waals surface area contributed by atoms with Crippen molar-refractivity contribution in [1.82, 2.24) is 0 Å². The number of nitrogens with two attached hydrogens (primary N) is 4. The highest BCUT2D eigenvalue weighted by Gasteiger charge is 2.44. The van der Waals surface area contributed by atoms with Crippen LogP contribution in [0.2, 0.25) is 0 Å². The zero-order valence-electron chi connectivity index (χ0n) is 18.4. The van der Waals surface area contributed by atoms with Crippen LogP contribution in [0.3, 0.4) is 0 Å². The van der Waals surface area contributed by atoms with E-state index < -0.39 is 92.8 Å². The Morgan fingerprint density at radius 3 is 2.06 bits per heavy atom. The lowest BCUT2D eigenvalue weighted by Crippen LogP contribution is -2.63. The van der Waals surface area contributed by atoms with Crippen molar-refractivity contribution in [2.45, 2.75) is 86.5 Å². The molecule has 2 heterocycles. The first kappa shape index (κ1) is 28.4. The van der Waals surface area contributed by atoms with Crippen LogP contribution in [0.25, 0.3) is 0 Å². The lowest BCUT2D eigenvalue weighted by Gasteiger charge is -2.41. The molecule has 14 heteroatoms. The van der Waals surface area contributed by atoms with E-state index in [1.54, 1.807) is 6.92 Å². The largest absolute Gasteiger partial charge is 0.394 e. The number of aliphatic hydroxyl groups is 6. The van der Waals surface area contributed by atoms with Gasteiger partial charge in [0, 0.05) is 12.6 Å². The molecule has 0 spiro atoms. The Balaban J connectivity index is 1.95. The van der Waals surface area contributed by atoms with E-state index in [1.807, 2.05) is 0 Å². The van der Waals surface area contributed by atoms with Crippen molar-refractivity contribution in [3.05, 3.63) is 12.2 Å². The lowest BCUT2D eigenvalue weighted by atomic mass is 9.97. The van der Waals surface area contributed by atoms with Gasteiger partial charge in [0.2, 0.25) is 0 Å². The van der Waals surface area contributed by atoms with Crippen LogP contribution in [0.15, 0.2) is 12.2 Å². The molecule has 0 aromatic carbocycles. The third-order valence-electron chi connectivity index (χ3n) is 5.85. The van der Waals surface area contributed by atoms with Crippen molar-refractivity contribution >= 4 is 0 Å². The zero-order valence-corrected chi connectivity index (χ0v) is 18.4. The van der Waals surface area contributed by atoms with Gasteiger partial charge in [-0.25, -0.2) is 0 Å². The van der Waals surface area contributed by atoms with Gasteiger partial charge in [-0.2, -0.15) is 0 Å². The third-order valence-corrected chi connectivity index (χ3v) is 5.85. The molecule has 33 heavy (non-hydrogen) atoms. The molecule has 14 N–H and O–H groups in total. The fraction of sp³-hybridized carbons (Fsp3) is 0.895. The monoisotopic (exact) mass is 482 g/mol. The minimum absolute atomic E-state index is 0.0723. The molecule has 2 saturated heterocycles. The van der Waals surface area contributed by atoms with Crippen molar-refractivity contribution in [2.75, 3.05) is 19.8 Å². The molecule has 2 rings (SSSR count). The molecule has 13 atom stereocenters. The molecule has 0 saturated carbocycles. The second-order valence-corrected chi connectivity index (χ2v) is 8.28. The van der Waals surface area contributed by atoms with E-state index in [0.717, 1.165) is 0 Å². The van der Waals surface area contributed by atoms with E-state index in [9.17, 15) is 30.6 Å². The van der Waals surface area contributed by atoms with Gasteiger partial charge in [-0.15, -0.1) is 0 Å². The van der Waals surface area contributed by atoms with Crippen LogP contribution in [-0.4, -0.2) is 130 Å². The maximum atomic E-state index is 10.2. The average Bonchev–Trinajstić information content (AvgIpc) is 2.81. The minimum atomic E-state index is -1.35. The van der Waals surface area contributed by atoms with Gasteiger partial charge in [-0.3, -0.25) is 0 Å². The Kier molecular flexibility index (Phi) is 11.0. The summed E-state index contributed by atoms with van der Waals surface area (Å²) < 4.78 is 22.1. The summed E-state index contributed by atoms with van der Waals surface area (Å²) in [5.41, 5.74) is 23.2. The fourth-order valence-corrected chi connectivity index (χ4v) is 3.53. The summed E-state index contributed by atoms with van der Waals surface area (Å²) >= 11 is 0. The van der Waals surface area contributed by atoms with Crippen LogP contribution in [-0.2, 0) is 18.9 Å². The van der Waals surface area contributed by atoms with Gasteiger partial charge < -0.3 is 72.5 Å². The molecule has 6 unspecified atom stereocenters. The molecule has 0 amide bonds. The average molecular weight is 483 g/mol. The molecular weight excluding hydrogens is 444 g/mol. The summed E-state index contributed by atoms with van der Waals surface area (Å²) in [5, 5.41) is 59.0. The first-order valence-electron chi connectivity index (χ1n) is 10.8. The number of hydrogen-bond donors (Lipinski definition) is 10. The maximum Gasteiger partial charge on any atom is 0.186 e. The molecule has 2 aliphatic heterocycles. The van der Waals surface area contributed by atoms with Crippen molar-refractivity contribution in [2.24, 2.45) is 22.9 Å². The third kappa shape index (κ3) is 6.87. The predicted molar refractivity (Wildman–Crippen MR) is 113 cm³/mol. The van der Waals surface area contributed by atoms with Crippen LogP contribution in [0.1, 0.15) is 6.92 Å². The Bertz CT molecular complexity index is 615. The van der Waals surface area contributed by atoms with Crippen LogP contribution < -0.4 is 22.9 Å². The summed E-state index contributed by atoms with van der Waals surface area (Å²) in [5.74, 6) is 0. The van der Waals surface area contributed by atoms with Crippen LogP contribution in [0.5, 0.6) is 0 Å². The summed E-state index contributed by atoms with van der Waals surface area (Å²) in [6.45, 7) is 0.553. The molecule has 194 valence electrons. The topological polar surface area (TPSA) is 262 Å². The molecule has 0 aromatic rings. The fourth-order valence-electron chi connectivity index (χ4n) is 3.53. The van der Waals surface area contributed by atoms with Gasteiger partial charge in [0.25, 0.3) is 0 Å². The molecule has 0 aromatic heterocycles. The Morgan fingerprint density at radius 2 is 1.48 bits per heavy atom. The quantitative estimate of drug-likeness (QED) is 0.130. The van der Waals surface area contributed by atoms with E-state index in [4.69, 9.17) is 41.9 Å². The van der Waals surface area contributed by atoms with Gasteiger partial charge in [0.1, 0.15) is 42.7 Å². The highest BCUT2D eigenvalue weighted by Crippen LogP contribution is 2.23. The molecule has 0 radical (unpaired) electrons. The van der Waals surface area contributed by atoms with Crippen LogP contribution >= 0.6 is 0 Å². The van der Waals surface area contributed by atoms with Gasteiger partial charge in [-0.05, 0) is 6.92 Å². The summed E-state index contributed by atoms with van der Waals surface area (Å²) in [7, 11) is 0. The smallest absolute Gasteiger partial charge is 0.186 e. The molecule has 0 aliphatic carbocycles. The van der Waals surface area contributed by atoms with E-state index in [2.05, 4.69) is 0 Å². The molecule has 2 fully saturated rings. The Morgan fingerprint density at radius 1 is 0.848 bits per heavy atom. The minimum Gasteiger partial charge on any atom is -0.394 e. The van der Waals surface area contributed by atoms with Crippen molar-refractivity contribution in [3.63, 3.8) is 0 Å². The number of aliphatic hydroxyl groups excluding tert-OH is 6.